The van der Waals surface area contributed by atoms with Crippen molar-refractivity contribution in [1.82, 2.24) is 25.1 Å². The molecule has 3 aromatic heterocycles. The van der Waals surface area contributed by atoms with Crippen LogP contribution in [0.1, 0.15) is 10.4 Å². The maximum Gasteiger partial charge on any atom is 0.323 e. The number of para-hydroxylation sites is 1. The van der Waals surface area contributed by atoms with Crippen LogP contribution in [0.25, 0.3) is 33.3 Å². The van der Waals surface area contributed by atoms with E-state index >= 15 is 0 Å². The van der Waals surface area contributed by atoms with Gasteiger partial charge in [-0.2, -0.15) is 5.10 Å². The summed E-state index contributed by atoms with van der Waals surface area (Å²) < 4.78 is 0. The lowest BCUT2D eigenvalue weighted by Gasteiger charge is -2.08. The Morgan fingerprint density at radius 2 is 1.79 bits per heavy atom. The van der Waals surface area contributed by atoms with Gasteiger partial charge in [0.05, 0.1) is 33.9 Å². The summed E-state index contributed by atoms with van der Waals surface area (Å²) in [5.74, 6) is -0.252. The summed E-state index contributed by atoms with van der Waals surface area (Å²) in [7, 11) is 0. The summed E-state index contributed by atoms with van der Waals surface area (Å²) in [5, 5.41) is 10.4. The molecular formula is C20H14N6O2. The van der Waals surface area contributed by atoms with Crippen molar-refractivity contribution in [3.05, 3.63) is 76.8 Å². The Labute approximate surface area is 157 Å². The lowest BCUT2D eigenvalue weighted by atomic mass is 10.1. The molecule has 0 atom stereocenters. The molecular weight excluding hydrogens is 356 g/mol. The van der Waals surface area contributed by atoms with Gasteiger partial charge in [-0.1, -0.05) is 24.3 Å². The molecule has 8 nitrogen and oxygen atoms in total. The van der Waals surface area contributed by atoms with Gasteiger partial charge in [0.25, 0.3) is 5.91 Å². The van der Waals surface area contributed by atoms with E-state index in [9.17, 15) is 9.59 Å². The van der Waals surface area contributed by atoms with Crippen LogP contribution in [0.2, 0.25) is 0 Å². The number of aromatic amines is 3. The number of carbonyl (C=O) groups is 1. The first-order chi connectivity index (χ1) is 13.7. The topological polar surface area (TPSA) is 119 Å². The number of H-pyrrole nitrogens is 3. The SMILES string of the molecule is O=C(Nc1ccccc1)c1cc(-c2ccc3[nH]c(=O)[nH]c3c2)nc2[nH]ncc12. The summed E-state index contributed by atoms with van der Waals surface area (Å²) in [4.78, 5) is 34.4. The van der Waals surface area contributed by atoms with Crippen LogP contribution >= 0.6 is 0 Å². The highest BCUT2D eigenvalue weighted by Gasteiger charge is 2.16. The molecule has 136 valence electrons. The first kappa shape index (κ1) is 16.0. The lowest BCUT2D eigenvalue weighted by Crippen LogP contribution is -2.12. The van der Waals surface area contributed by atoms with Crippen molar-refractivity contribution < 1.29 is 4.79 Å². The number of imidazole rings is 1. The first-order valence-corrected chi connectivity index (χ1v) is 8.60. The quantitative estimate of drug-likeness (QED) is 0.390. The van der Waals surface area contributed by atoms with Crippen LogP contribution in [-0.4, -0.2) is 31.1 Å². The van der Waals surface area contributed by atoms with Gasteiger partial charge in [-0.15, -0.1) is 0 Å². The van der Waals surface area contributed by atoms with E-state index in [1.165, 1.54) is 0 Å². The fourth-order valence-electron chi connectivity index (χ4n) is 3.18. The Balaban J connectivity index is 1.62. The summed E-state index contributed by atoms with van der Waals surface area (Å²) >= 11 is 0. The average Bonchev–Trinajstić information content (AvgIpc) is 3.32. The maximum atomic E-state index is 12.9. The highest BCUT2D eigenvalue weighted by atomic mass is 16.2. The summed E-state index contributed by atoms with van der Waals surface area (Å²) in [6, 6.07) is 16.4. The molecule has 0 aliphatic carbocycles. The molecule has 2 aromatic carbocycles. The number of hydrogen-bond donors (Lipinski definition) is 4. The maximum absolute atomic E-state index is 12.9. The second-order valence-corrected chi connectivity index (χ2v) is 6.35. The lowest BCUT2D eigenvalue weighted by molar-refractivity contribution is 0.102. The molecule has 1 amide bonds. The molecule has 4 N–H and O–H groups in total. The molecule has 0 saturated heterocycles. The van der Waals surface area contributed by atoms with E-state index in [1.807, 2.05) is 42.5 Å². The average molecular weight is 370 g/mol. The zero-order valence-corrected chi connectivity index (χ0v) is 14.5. The third-order valence-corrected chi connectivity index (χ3v) is 4.51. The number of nitrogens with zero attached hydrogens (tertiary/aromatic N) is 2. The second kappa shape index (κ2) is 6.20. The molecule has 5 rings (SSSR count). The van der Waals surface area contributed by atoms with E-state index in [0.29, 0.717) is 39.0 Å². The van der Waals surface area contributed by atoms with Gasteiger partial charge in [0.15, 0.2) is 5.65 Å². The van der Waals surface area contributed by atoms with E-state index in [0.717, 1.165) is 5.56 Å². The number of benzene rings is 2. The van der Waals surface area contributed by atoms with E-state index in [-0.39, 0.29) is 11.6 Å². The van der Waals surface area contributed by atoms with Gasteiger partial charge < -0.3 is 15.3 Å². The number of pyridine rings is 1. The largest absolute Gasteiger partial charge is 0.323 e. The van der Waals surface area contributed by atoms with Crippen LogP contribution in [0, 0.1) is 0 Å². The number of anilines is 1. The van der Waals surface area contributed by atoms with E-state index in [2.05, 4.69) is 30.5 Å². The van der Waals surface area contributed by atoms with Crippen molar-refractivity contribution in [3.8, 4) is 11.3 Å². The zero-order valence-electron chi connectivity index (χ0n) is 14.5. The fraction of sp³-hybridized carbons (Fsp3) is 0. The molecule has 5 aromatic rings. The van der Waals surface area contributed by atoms with Gasteiger partial charge in [0, 0.05) is 11.3 Å². The van der Waals surface area contributed by atoms with Crippen molar-refractivity contribution in [2.45, 2.75) is 0 Å². The number of amides is 1. The number of fused-ring (bicyclic) bond motifs is 2. The van der Waals surface area contributed by atoms with Gasteiger partial charge in [-0.25, -0.2) is 9.78 Å². The van der Waals surface area contributed by atoms with Crippen LogP contribution in [0.4, 0.5) is 5.69 Å². The van der Waals surface area contributed by atoms with Crippen LogP contribution in [0.5, 0.6) is 0 Å². The molecule has 0 fully saturated rings. The molecule has 3 heterocycles. The second-order valence-electron chi connectivity index (χ2n) is 6.35. The molecule has 0 bridgehead atoms. The van der Waals surface area contributed by atoms with Crippen LogP contribution < -0.4 is 11.0 Å². The molecule has 0 aliphatic heterocycles. The third-order valence-electron chi connectivity index (χ3n) is 4.51. The van der Waals surface area contributed by atoms with Crippen molar-refractivity contribution in [2.75, 3.05) is 5.32 Å². The third kappa shape index (κ3) is 2.73. The molecule has 8 heteroatoms. The Morgan fingerprint density at radius 3 is 2.64 bits per heavy atom. The number of hydrogen-bond acceptors (Lipinski definition) is 4. The van der Waals surface area contributed by atoms with Gasteiger partial charge in [-0.05, 0) is 30.3 Å². The summed E-state index contributed by atoms with van der Waals surface area (Å²) in [6.45, 7) is 0. The predicted octanol–water partition coefficient (Wildman–Crippen LogP) is 3.05. The van der Waals surface area contributed by atoms with Crippen LogP contribution in [0.3, 0.4) is 0 Å². The van der Waals surface area contributed by atoms with E-state index < -0.39 is 0 Å². The van der Waals surface area contributed by atoms with Crippen molar-refractivity contribution in [3.63, 3.8) is 0 Å². The monoisotopic (exact) mass is 370 g/mol. The minimum atomic E-state index is -0.271. The smallest absolute Gasteiger partial charge is 0.322 e. The number of nitrogens with one attached hydrogen (secondary N) is 4. The molecule has 0 radical (unpaired) electrons. The Kier molecular flexibility index (Phi) is 3.55. The van der Waals surface area contributed by atoms with Gasteiger partial charge in [-0.3, -0.25) is 9.89 Å². The number of aromatic nitrogens is 5. The van der Waals surface area contributed by atoms with E-state index in [1.54, 1.807) is 18.3 Å². The highest BCUT2D eigenvalue weighted by molar-refractivity contribution is 6.12. The van der Waals surface area contributed by atoms with Crippen molar-refractivity contribution in [1.29, 1.82) is 0 Å². The normalized spacial score (nSPS) is 11.1. The fourth-order valence-corrected chi connectivity index (χ4v) is 3.18. The van der Waals surface area contributed by atoms with Crippen molar-refractivity contribution >= 4 is 33.7 Å². The first-order valence-electron chi connectivity index (χ1n) is 8.60. The minimum absolute atomic E-state index is 0.252. The van der Waals surface area contributed by atoms with Gasteiger partial charge >= 0.3 is 5.69 Å². The molecule has 0 aliphatic rings. The number of rotatable bonds is 3. The Morgan fingerprint density at radius 1 is 0.964 bits per heavy atom. The zero-order chi connectivity index (χ0) is 19.1. The van der Waals surface area contributed by atoms with Gasteiger partial charge in [0.1, 0.15) is 0 Å². The molecule has 0 unspecified atom stereocenters. The molecule has 28 heavy (non-hydrogen) atoms. The van der Waals surface area contributed by atoms with Crippen LogP contribution in [-0.2, 0) is 0 Å². The Hall–Kier alpha value is -4.20. The minimum Gasteiger partial charge on any atom is -0.322 e. The standard InChI is InChI=1S/C20H14N6O2/c27-19(22-12-4-2-1-3-5-12)13-9-16(23-18-14(13)10-21-26-18)11-6-7-15-17(8-11)25-20(28)24-15/h1-10H,(H,22,27)(H,21,23,26)(H2,24,25,28). The van der Waals surface area contributed by atoms with E-state index in [4.69, 9.17) is 0 Å². The predicted molar refractivity (Wildman–Crippen MR) is 106 cm³/mol. The molecule has 0 spiro atoms. The molecule has 0 saturated carbocycles. The van der Waals surface area contributed by atoms with Crippen molar-refractivity contribution in [2.24, 2.45) is 0 Å². The summed E-state index contributed by atoms with van der Waals surface area (Å²) in [6.07, 6.45) is 1.58. The Bertz CT molecular complexity index is 1380. The van der Waals surface area contributed by atoms with Gasteiger partial charge in [0.2, 0.25) is 0 Å². The highest BCUT2D eigenvalue weighted by Crippen LogP contribution is 2.26. The van der Waals surface area contributed by atoms with Crippen LogP contribution in [0.15, 0.2) is 65.6 Å². The number of carbonyl (C=O) groups excluding carboxylic acids is 1. The summed E-state index contributed by atoms with van der Waals surface area (Å²) in [5.41, 5.74) is 4.15.